The number of benzene rings is 1. The van der Waals surface area contributed by atoms with E-state index in [1.54, 1.807) is 12.1 Å². The van der Waals surface area contributed by atoms with E-state index in [1.165, 1.54) is 11.0 Å². The Kier molecular flexibility index (Phi) is 3.23. The van der Waals surface area contributed by atoms with Gasteiger partial charge in [0.25, 0.3) is 0 Å². The number of carbonyl (C=O) groups excluding carboxylic acids is 2. The summed E-state index contributed by atoms with van der Waals surface area (Å²) in [7, 11) is 0. The zero-order valence-corrected chi connectivity index (χ0v) is 11.6. The first-order valence-corrected chi connectivity index (χ1v) is 7.08. The molecule has 2 atom stereocenters. The Hall–Kier alpha value is -1.86. The average molecular weight is 289 g/mol. The van der Waals surface area contributed by atoms with Gasteiger partial charge in [-0.3, -0.25) is 9.59 Å². The van der Waals surface area contributed by atoms with Gasteiger partial charge in [0.05, 0.1) is 34.2 Å². The fourth-order valence-electron chi connectivity index (χ4n) is 3.15. The summed E-state index contributed by atoms with van der Waals surface area (Å²) in [6.07, 6.45) is 3.50. The molecule has 1 heterocycles. The van der Waals surface area contributed by atoms with Crippen LogP contribution in [-0.4, -0.2) is 11.8 Å². The van der Waals surface area contributed by atoms with Crippen molar-refractivity contribution >= 4 is 29.1 Å². The van der Waals surface area contributed by atoms with E-state index in [4.69, 9.17) is 16.9 Å². The van der Waals surface area contributed by atoms with Crippen molar-refractivity contribution < 1.29 is 9.59 Å². The van der Waals surface area contributed by atoms with Crippen molar-refractivity contribution in [2.45, 2.75) is 25.7 Å². The number of amides is 2. The second-order valence-electron chi connectivity index (χ2n) is 5.29. The van der Waals surface area contributed by atoms with Crippen LogP contribution in [0, 0.1) is 23.2 Å². The number of fused-ring (bicyclic) bond motifs is 1. The molecule has 0 bridgehead atoms. The van der Waals surface area contributed by atoms with Gasteiger partial charge in [0.1, 0.15) is 0 Å². The van der Waals surface area contributed by atoms with Crippen LogP contribution < -0.4 is 4.90 Å². The minimum absolute atomic E-state index is 0.170. The van der Waals surface area contributed by atoms with Crippen molar-refractivity contribution in [2.75, 3.05) is 4.90 Å². The number of nitrogens with zero attached hydrogens (tertiary/aromatic N) is 2. The molecular weight excluding hydrogens is 276 g/mol. The summed E-state index contributed by atoms with van der Waals surface area (Å²) in [6.45, 7) is 0. The number of rotatable bonds is 1. The van der Waals surface area contributed by atoms with Gasteiger partial charge in [-0.2, -0.15) is 5.26 Å². The largest absolute Gasteiger partial charge is 0.274 e. The average Bonchev–Trinajstić information content (AvgIpc) is 2.72. The van der Waals surface area contributed by atoms with E-state index in [0.717, 1.165) is 25.7 Å². The molecule has 5 heteroatoms. The van der Waals surface area contributed by atoms with Gasteiger partial charge in [-0.15, -0.1) is 0 Å². The molecule has 0 radical (unpaired) electrons. The molecule has 1 aliphatic carbocycles. The van der Waals surface area contributed by atoms with Crippen molar-refractivity contribution in [3.8, 4) is 6.07 Å². The first kappa shape index (κ1) is 13.1. The van der Waals surface area contributed by atoms with Crippen LogP contribution in [0.2, 0.25) is 5.02 Å². The fourth-order valence-corrected chi connectivity index (χ4v) is 3.36. The molecule has 3 rings (SSSR count). The highest BCUT2D eigenvalue weighted by molar-refractivity contribution is 6.36. The number of hydrogen-bond acceptors (Lipinski definition) is 3. The highest BCUT2D eigenvalue weighted by Crippen LogP contribution is 2.41. The maximum Gasteiger partial charge on any atom is 0.237 e. The number of carbonyl (C=O) groups is 2. The summed E-state index contributed by atoms with van der Waals surface area (Å²) in [5.41, 5.74) is 0.731. The summed E-state index contributed by atoms with van der Waals surface area (Å²) < 4.78 is 0. The molecule has 4 nitrogen and oxygen atoms in total. The second kappa shape index (κ2) is 4.92. The van der Waals surface area contributed by atoms with E-state index < -0.39 is 0 Å². The lowest BCUT2D eigenvalue weighted by Gasteiger charge is -2.19. The van der Waals surface area contributed by atoms with Crippen molar-refractivity contribution in [3.05, 3.63) is 28.8 Å². The predicted molar refractivity (Wildman–Crippen MR) is 74.1 cm³/mol. The first-order valence-electron chi connectivity index (χ1n) is 6.71. The van der Waals surface area contributed by atoms with E-state index in [0.29, 0.717) is 16.3 Å². The van der Waals surface area contributed by atoms with Crippen LogP contribution in [0.15, 0.2) is 18.2 Å². The number of halogens is 1. The Bertz CT molecular complexity index is 611. The quantitative estimate of drug-likeness (QED) is 0.747. The molecule has 2 aliphatic rings. The maximum atomic E-state index is 12.5. The minimum Gasteiger partial charge on any atom is -0.274 e. The third-order valence-electron chi connectivity index (χ3n) is 4.16. The summed E-state index contributed by atoms with van der Waals surface area (Å²) in [5.74, 6) is -0.760. The van der Waals surface area contributed by atoms with Crippen molar-refractivity contribution in [1.82, 2.24) is 0 Å². The van der Waals surface area contributed by atoms with E-state index >= 15 is 0 Å². The van der Waals surface area contributed by atoms with Gasteiger partial charge in [0, 0.05) is 0 Å². The first-order chi connectivity index (χ1) is 9.63. The Morgan fingerprint density at radius 3 is 2.30 bits per heavy atom. The van der Waals surface area contributed by atoms with Gasteiger partial charge >= 0.3 is 0 Å². The topological polar surface area (TPSA) is 61.2 Å². The van der Waals surface area contributed by atoms with Gasteiger partial charge in [0.2, 0.25) is 11.8 Å². The van der Waals surface area contributed by atoms with Gasteiger partial charge in [-0.05, 0) is 31.0 Å². The molecule has 1 saturated carbocycles. The third-order valence-corrected chi connectivity index (χ3v) is 4.48. The van der Waals surface area contributed by atoms with Crippen molar-refractivity contribution in [2.24, 2.45) is 11.8 Å². The van der Waals surface area contributed by atoms with Crippen molar-refractivity contribution in [3.63, 3.8) is 0 Å². The molecule has 20 heavy (non-hydrogen) atoms. The Morgan fingerprint density at radius 1 is 1.15 bits per heavy atom. The highest BCUT2D eigenvalue weighted by Gasteiger charge is 2.49. The molecule has 1 aromatic rings. The Balaban J connectivity index is 2.04. The number of nitriles is 1. The molecular formula is C15H13ClN2O2. The predicted octanol–water partition coefficient (Wildman–Crippen LogP) is 2.89. The zero-order valence-electron chi connectivity index (χ0n) is 10.8. The van der Waals surface area contributed by atoms with Gasteiger partial charge in [-0.1, -0.05) is 24.4 Å². The zero-order chi connectivity index (χ0) is 14.3. The Morgan fingerprint density at radius 2 is 1.75 bits per heavy atom. The van der Waals surface area contributed by atoms with E-state index in [2.05, 4.69) is 0 Å². The standard InChI is InChI=1S/C15H13ClN2O2/c16-12-6-5-9(8-17)7-13(12)18-14(19)10-3-1-2-4-11(10)15(18)20/h5-7,10-11H,1-4H2. The maximum absolute atomic E-state index is 12.5. The molecule has 1 aliphatic heterocycles. The van der Waals surface area contributed by atoms with E-state index in [9.17, 15) is 9.59 Å². The normalized spacial score (nSPS) is 25.5. The second-order valence-corrected chi connectivity index (χ2v) is 5.69. The van der Waals surface area contributed by atoms with Crippen LogP contribution in [0.3, 0.4) is 0 Å². The van der Waals surface area contributed by atoms with Gasteiger partial charge in [0.15, 0.2) is 0 Å². The fraction of sp³-hybridized carbons (Fsp3) is 0.400. The van der Waals surface area contributed by atoms with Crippen LogP contribution >= 0.6 is 11.6 Å². The molecule has 2 amide bonds. The molecule has 102 valence electrons. The summed E-state index contributed by atoms with van der Waals surface area (Å²) in [4.78, 5) is 26.1. The van der Waals surface area contributed by atoms with Crippen LogP contribution in [0.25, 0.3) is 0 Å². The smallest absolute Gasteiger partial charge is 0.237 e. The van der Waals surface area contributed by atoms with Gasteiger partial charge < -0.3 is 0 Å². The molecule has 0 N–H and O–H groups in total. The molecule has 2 fully saturated rings. The van der Waals surface area contributed by atoms with Crippen molar-refractivity contribution in [1.29, 1.82) is 5.26 Å². The molecule has 1 saturated heterocycles. The lowest BCUT2D eigenvalue weighted by atomic mass is 9.81. The van der Waals surface area contributed by atoms with E-state index in [-0.39, 0.29) is 23.7 Å². The lowest BCUT2D eigenvalue weighted by molar-refractivity contribution is -0.122. The molecule has 0 spiro atoms. The highest BCUT2D eigenvalue weighted by atomic mass is 35.5. The minimum atomic E-state index is -0.210. The monoisotopic (exact) mass is 288 g/mol. The molecule has 0 aromatic heterocycles. The third kappa shape index (κ3) is 1.90. The Labute approximate surface area is 121 Å². The van der Waals surface area contributed by atoms with Crippen LogP contribution in [0.5, 0.6) is 0 Å². The van der Waals surface area contributed by atoms with Crippen LogP contribution in [-0.2, 0) is 9.59 Å². The summed E-state index contributed by atoms with van der Waals surface area (Å²) in [5, 5.41) is 9.28. The van der Waals surface area contributed by atoms with Gasteiger partial charge in [-0.25, -0.2) is 4.90 Å². The summed E-state index contributed by atoms with van der Waals surface area (Å²) in [6, 6.07) is 6.64. The summed E-state index contributed by atoms with van der Waals surface area (Å²) >= 11 is 6.11. The molecule has 1 aromatic carbocycles. The number of hydrogen-bond donors (Lipinski definition) is 0. The molecule has 2 unspecified atom stereocenters. The number of anilines is 1. The van der Waals surface area contributed by atoms with E-state index in [1.807, 2.05) is 6.07 Å². The van der Waals surface area contributed by atoms with Crippen LogP contribution in [0.4, 0.5) is 5.69 Å². The SMILES string of the molecule is N#Cc1ccc(Cl)c(N2C(=O)C3CCCCC3C2=O)c1. The number of imide groups is 1. The van der Waals surface area contributed by atoms with Crippen LogP contribution in [0.1, 0.15) is 31.2 Å². The lowest BCUT2D eigenvalue weighted by Crippen LogP contribution is -2.31.